The van der Waals surface area contributed by atoms with E-state index in [9.17, 15) is 4.39 Å². The van der Waals surface area contributed by atoms with Crippen LogP contribution >= 0.6 is 0 Å². The number of nitrogens with one attached hydrogen (secondary N) is 1. The number of ether oxygens (including phenoxy) is 1. The minimum atomic E-state index is -0.218. The maximum atomic E-state index is 14.0. The Morgan fingerprint density at radius 1 is 1.03 bits per heavy atom. The Morgan fingerprint density at radius 2 is 1.94 bits per heavy atom. The van der Waals surface area contributed by atoms with E-state index in [-0.39, 0.29) is 5.82 Å². The summed E-state index contributed by atoms with van der Waals surface area (Å²) in [7, 11) is 1.96. The molecule has 5 heteroatoms. The van der Waals surface area contributed by atoms with E-state index in [1.54, 1.807) is 12.1 Å². The lowest BCUT2D eigenvalue weighted by Gasteiger charge is -2.32. The average molecular weight is 432 g/mol. The molecule has 3 aromatic carbocycles. The van der Waals surface area contributed by atoms with Crippen LogP contribution in [0.5, 0.6) is 5.75 Å². The van der Waals surface area contributed by atoms with Gasteiger partial charge in [-0.2, -0.15) is 0 Å². The Bertz CT molecular complexity index is 1090. The Balaban J connectivity index is 1.37. The lowest BCUT2D eigenvalue weighted by atomic mass is 10.1. The molecule has 166 valence electrons. The van der Waals surface area contributed by atoms with Gasteiger partial charge in [0.05, 0.1) is 5.69 Å². The van der Waals surface area contributed by atoms with Gasteiger partial charge < -0.3 is 15.0 Å². The number of halogens is 1. The zero-order valence-electron chi connectivity index (χ0n) is 18.6. The number of rotatable bonds is 6. The first kappa shape index (κ1) is 20.8. The molecule has 4 nitrogen and oxygen atoms in total. The summed E-state index contributed by atoms with van der Waals surface area (Å²) >= 11 is 0. The van der Waals surface area contributed by atoms with Crippen LogP contribution in [-0.4, -0.2) is 37.6 Å². The van der Waals surface area contributed by atoms with Crippen molar-refractivity contribution in [2.45, 2.75) is 31.9 Å². The van der Waals surface area contributed by atoms with Crippen molar-refractivity contribution in [1.29, 1.82) is 0 Å². The van der Waals surface area contributed by atoms with Gasteiger partial charge in [0.2, 0.25) is 0 Å². The Morgan fingerprint density at radius 3 is 2.84 bits per heavy atom. The maximum absolute atomic E-state index is 14.0. The molecule has 5 rings (SSSR count). The zero-order valence-corrected chi connectivity index (χ0v) is 18.6. The quantitative estimate of drug-likeness (QED) is 0.549. The highest BCUT2D eigenvalue weighted by Crippen LogP contribution is 2.40. The van der Waals surface area contributed by atoms with E-state index >= 15 is 0 Å². The van der Waals surface area contributed by atoms with Gasteiger partial charge in [0.15, 0.2) is 0 Å². The lowest BCUT2D eigenvalue weighted by molar-refractivity contribution is 0.261. The molecule has 0 radical (unpaired) electrons. The molecule has 0 spiro atoms. The average Bonchev–Trinajstić information content (AvgIpc) is 3.21. The Hall–Kier alpha value is -3.05. The third-order valence-corrected chi connectivity index (χ3v) is 6.67. The minimum absolute atomic E-state index is 0.218. The SMILES string of the molecule is CNc1cccc(CCN2CCCC2CN2c3ccc(F)cc3COc3ccccc32)c1. The second-order valence-electron chi connectivity index (χ2n) is 8.67. The van der Waals surface area contributed by atoms with Gasteiger partial charge in [0, 0.05) is 43.1 Å². The van der Waals surface area contributed by atoms with Gasteiger partial charge in [0.1, 0.15) is 18.2 Å². The Labute approximate surface area is 189 Å². The molecule has 0 amide bonds. The van der Waals surface area contributed by atoms with Gasteiger partial charge in [0.25, 0.3) is 0 Å². The van der Waals surface area contributed by atoms with Crippen molar-refractivity contribution in [2.75, 3.05) is 36.9 Å². The summed E-state index contributed by atoms with van der Waals surface area (Å²) in [6.45, 7) is 3.42. The first-order valence-corrected chi connectivity index (χ1v) is 11.5. The summed E-state index contributed by atoms with van der Waals surface area (Å²) in [4.78, 5) is 4.95. The van der Waals surface area contributed by atoms with Gasteiger partial charge in [-0.3, -0.25) is 4.90 Å². The van der Waals surface area contributed by atoms with Crippen LogP contribution < -0.4 is 15.0 Å². The summed E-state index contributed by atoms with van der Waals surface area (Å²) in [6.07, 6.45) is 3.42. The van der Waals surface area contributed by atoms with Crippen molar-refractivity contribution in [3.05, 3.63) is 83.7 Å². The zero-order chi connectivity index (χ0) is 21.9. The van der Waals surface area contributed by atoms with Crippen LogP contribution in [0.25, 0.3) is 0 Å². The standard InChI is InChI=1S/C27H30FN3O/c1-29-23-7-4-6-20(16-23)13-15-30-14-5-8-24(30)18-31-25-12-11-22(28)17-21(25)19-32-27-10-3-2-9-26(27)31/h2-4,6-7,9-12,16-17,24,29H,5,8,13-15,18-19H2,1H3. The molecule has 1 unspecified atom stereocenters. The summed E-state index contributed by atoms with van der Waals surface area (Å²) in [5, 5.41) is 3.23. The van der Waals surface area contributed by atoms with E-state index in [4.69, 9.17) is 4.74 Å². The number of fused-ring (bicyclic) bond motifs is 2. The number of benzene rings is 3. The first-order chi connectivity index (χ1) is 15.7. The first-order valence-electron chi connectivity index (χ1n) is 11.5. The number of nitrogens with zero attached hydrogens (tertiary/aromatic N) is 2. The molecular formula is C27H30FN3O. The third kappa shape index (κ3) is 4.30. The van der Waals surface area contributed by atoms with Crippen LogP contribution in [0, 0.1) is 5.82 Å². The van der Waals surface area contributed by atoms with E-state index in [2.05, 4.69) is 45.4 Å². The topological polar surface area (TPSA) is 27.7 Å². The third-order valence-electron chi connectivity index (χ3n) is 6.67. The van der Waals surface area contributed by atoms with Crippen molar-refractivity contribution in [1.82, 2.24) is 4.90 Å². The summed E-state index contributed by atoms with van der Waals surface area (Å²) < 4.78 is 20.0. The van der Waals surface area contributed by atoms with Crippen molar-refractivity contribution in [3.8, 4) is 5.75 Å². The van der Waals surface area contributed by atoms with Crippen LogP contribution in [0.15, 0.2) is 66.7 Å². The smallest absolute Gasteiger partial charge is 0.143 e. The molecule has 1 saturated heterocycles. The Kier molecular flexibility index (Phi) is 5.99. The molecule has 0 aromatic heterocycles. The van der Waals surface area contributed by atoms with Crippen LogP contribution in [-0.2, 0) is 13.0 Å². The molecule has 1 atom stereocenters. The van der Waals surface area contributed by atoms with Crippen molar-refractivity contribution >= 4 is 17.1 Å². The second-order valence-corrected chi connectivity index (χ2v) is 8.67. The van der Waals surface area contributed by atoms with Gasteiger partial charge >= 0.3 is 0 Å². The highest BCUT2D eigenvalue weighted by Gasteiger charge is 2.30. The molecule has 2 aliphatic rings. The monoisotopic (exact) mass is 431 g/mol. The van der Waals surface area contributed by atoms with Crippen LogP contribution in [0.3, 0.4) is 0 Å². The molecule has 0 bridgehead atoms. The highest BCUT2D eigenvalue weighted by molar-refractivity contribution is 5.73. The number of hydrogen-bond donors (Lipinski definition) is 1. The fourth-order valence-corrected chi connectivity index (χ4v) is 4.98. The number of hydrogen-bond acceptors (Lipinski definition) is 4. The molecule has 2 heterocycles. The highest BCUT2D eigenvalue weighted by atomic mass is 19.1. The fraction of sp³-hybridized carbons (Fsp3) is 0.333. The number of likely N-dealkylation sites (tertiary alicyclic amines) is 1. The summed E-state index contributed by atoms with van der Waals surface area (Å²) in [6, 6.07) is 22.3. The normalized spacial score (nSPS) is 17.9. The second kappa shape index (κ2) is 9.21. The van der Waals surface area contributed by atoms with E-state index in [0.717, 1.165) is 54.4 Å². The minimum Gasteiger partial charge on any atom is -0.487 e. The number of para-hydroxylation sites is 2. The van der Waals surface area contributed by atoms with Gasteiger partial charge in [-0.15, -0.1) is 0 Å². The van der Waals surface area contributed by atoms with E-state index < -0.39 is 0 Å². The molecule has 32 heavy (non-hydrogen) atoms. The molecular weight excluding hydrogens is 401 g/mol. The molecule has 1 fully saturated rings. The lowest BCUT2D eigenvalue weighted by Crippen LogP contribution is -2.39. The predicted octanol–water partition coefficient (Wildman–Crippen LogP) is 5.61. The molecule has 1 N–H and O–H groups in total. The van der Waals surface area contributed by atoms with E-state index in [1.165, 1.54) is 18.4 Å². The molecule has 0 aliphatic carbocycles. The fourth-order valence-electron chi connectivity index (χ4n) is 4.98. The van der Waals surface area contributed by atoms with Crippen LogP contribution in [0.4, 0.5) is 21.5 Å². The largest absolute Gasteiger partial charge is 0.487 e. The molecule has 3 aromatic rings. The maximum Gasteiger partial charge on any atom is 0.143 e. The van der Waals surface area contributed by atoms with Crippen LogP contribution in [0.1, 0.15) is 24.0 Å². The van der Waals surface area contributed by atoms with E-state index in [0.29, 0.717) is 12.6 Å². The van der Waals surface area contributed by atoms with E-state index in [1.807, 2.05) is 31.3 Å². The molecule has 2 aliphatic heterocycles. The molecule has 0 saturated carbocycles. The van der Waals surface area contributed by atoms with Crippen molar-refractivity contribution in [3.63, 3.8) is 0 Å². The van der Waals surface area contributed by atoms with Crippen molar-refractivity contribution < 1.29 is 9.13 Å². The van der Waals surface area contributed by atoms with Gasteiger partial charge in [-0.25, -0.2) is 4.39 Å². The van der Waals surface area contributed by atoms with Gasteiger partial charge in [-0.1, -0.05) is 24.3 Å². The summed E-state index contributed by atoms with van der Waals surface area (Å²) in [5.41, 5.74) is 5.52. The number of anilines is 3. The van der Waals surface area contributed by atoms with Gasteiger partial charge in [-0.05, 0) is 73.8 Å². The summed E-state index contributed by atoms with van der Waals surface area (Å²) in [5.74, 6) is 0.641. The van der Waals surface area contributed by atoms with Crippen LogP contribution in [0.2, 0.25) is 0 Å². The van der Waals surface area contributed by atoms with Crippen molar-refractivity contribution in [2.24, 2.45) is 0 Å². The predicted molar refractivity (Wildman–Crippen MR) is 128 cm³/mol.